The smallest absolute Gasteiger partial charge is 0.111 e. The van der Waals surface area contributed by atoms with Crippen molar-refractivity contribution in [1.29, 1.82) is 0 Å². The van der Waals surface area contributed by atoms with Gasteiger partial charge in [-0.15, -0.1) is 0 Å². The molecule has 0 amide bonds. The zero-order valence-corrected chi connectivity index (χ0v) is 5.13. The van der Waals surface area contributed by atoms with E-state index >= 15 is 0 Å². The molecule has 0 saturated carbocycles. The molecule has 1 heterocycles. The number of hydrogen-bond donors (Lipinski definition) is 2. The minimum absolute atomic E-state index is 0.125. The second-order valence-electron chi connectivity index (χ2n) is 1.32. The van der Waals surface area contributed by atoms with Gasteiger partial charge in [-0.25, -0.2) is 0 Å². The topological polar surface area (TPSA) is 49.7 Å². The van der Waals surface area contributed by atoms with Crippen LogP contribution in [0.1, 0.15) is 6.42 Å². The highest BCUT2D eigenvalue weighted by molar-refractivity contribution is 4.95. The van der Waals surface area contributed by atoms with Gasteiger partial charge < -0.3 is 14.9 Å². The van der Waals surface area contributed by atoms with Gasteiger partial charge in [-0.2, -0.15) is 0 Å². The standard InChI is InChI=1S/C4H4O.C2H6O2/c1-2-4-5-3-1;3-1-2-4/h1,3H2;3-4H,1-2H2. The van der Waals surface area contributed by atoms with Crippen LogP contribution in [0.25, 0.3) is 0 Å². The summed E-state index contributed by atoms with van der Waals surface area (Å²) >= 11 is 0. The van der Waals surface area contributed by atoms with Gasteiger partial charge in [-0.1, -0.05) is 5.92 Å². The Labute approximate surface area is 54.3 Å². The molecule has 2 N–H and O–H groups in total. The third-order valence-corrected chi connectivity index (χ3v) is 0.573. The minimum Gasteiger partial charge on any atom is -0.446 e. The third-order valence-electron chi connectivity index (χ3n) is 0.573. The van der Waals surface area contributed by atoms with Crippen LogP contribution in [-0.2, 0) is 4.74 Å². The number of aliphatic hydroxyl groups excluding tert-OH is 2. The highest BCUT2D eigenvalue weighted by Gasteiger charge is 1.82. The first-order valence-electron chi connectivity index (χ1n) is 2.73. The third kappa shape index (κ3) is 7.28. The van der Waals surface area contributed by atoms with Crippen LogP contribution >= 0.6 is 0 Å². The van der Waals surface area contributed by atoms with Crippen molar-refractivity contribution in [2.24, 2.45) is 0 Å². The lowest BCUT2D eigenvalue weighted by atomic mass is 10.5. The quantitative estimate of drug-likeness (QED) is 0.463. The van der Waals surface area contributed by atoms with Crippen LogP contribution in [0.2, 0.25) is 0 Å². The molecule has 9 heavy (non-hydrogen) atoms. The lowest BCUT2D eigenvalue weighted by molar-refractivity contribution is 0.186. The Morgan fingerprint density at radius 2 is 2.00 bits per heavy atom. The Morgan fingerprint density at radius 1 is 1.33 bits per heavy atom. The lowest BCUT2D eigenvalue weighted by Gasteiger charge is -1.76. The Balaban J connectivity index is 0.000000148. The van der Waals surface area contributed by atoms with Crippen molar-refractivity contribution in [2.75, 3.05) is 19.8 Å². The summed E-state index contributed by atoms with van der Waals surface area (Å²) in [7, 11) is 0. The molecule has 0 aromatic carbocycles. The monoisotopic (exact) mass is 130 g/mol. The molecule has 0 unspecified atom stereocenters. The summed E-state index contributed by atoms with van der Waals surface area (Å²) in [4.78, 5) is 0. The minimum atomic E-state index is -0.125. The first-order chi connectivity index (χ1) is 4.41. The van der Waals surface area contributed by atoms with Crippen molar-refractivity contribution in [3.63, 3.8) is 0 Å². The Kier molecular flexibility index (Phi) is 6.70. The molecule has 1 aliphatic rings. The van der Waals surface area contributed by atoms with Crippen molar-refractivity contribution in [1.82, 2.24) is 0 Å². The molecule has 3 heteroatoms. The number of ether oxygens (including phenoxy) is 1. The lowest BCUT2D eigenvalue weighted by Crippen LogP contribution is -1.85. The zero-order valence-electron chi connectivity index (χ0n) is 5.13. The zero-order chi connectivity index (χ0) is 6.95. The van der Waals surface area contributed by atoms with Gasteiger partial charge in [-0.3, -0.25) is 0 Å². The first kappa shape index (κ1) is 8.28. The van der Waals surface area contributed by atoms with Gasteiger partial charge in [0.2, 0.25) is 0 Å². The molecule has 0 aromatic heterocycles. The van der Waals surface area contributed by atoms with Crippen LogP contribution in [-0.4, -0.2) is 30.0 Å². The van der Waals surface area contributed by atoms with E-state index in [1.165, 1.54) is 0 Å². The molecule has 0 fully saturated rings. The Hall–Kier alpha value is -0.720. The summed E-state index contributed by atoms with van der Waals surface area (Å²) in [6.45, 7) is 0.528. The molecule has 0 atom stereocenters. The summed E-state index contributed by atoms with van der Waals surface area (Å²) in [5.41, 5.74) is 0. The predicted molar refractivity (Wildman–Crippen MR) is 32.5 cm³/mol. The molecule has 1 rings (SSSR count). The van der Waals surface area contributed by atoms with Crippen LogP contribution in [0.3, 0.4) is 0 Å². The molecule has 0 bridgehead atoms. The van der Waals surface area contributed by atoms with Crippen LogP contribution in [0, 0.1) is 12.0 Å². The number of rotatable bonds is 1. The van der Waals surface area contributed by atoms with E-state index in [9.17, 15) is 0 Å². The summed E-state index contributed by atoms with van der Waals surface area (Å²) in [6, 6.07) is 0. The van der Waals surface area contributed by atoms with E-state index in [1.54, 1.807) is 0 Å². The van der Waals surface area contributed by atoms with Gasteiger partial charge >= 0.3 is 0 Å². The van der Waals surface area contributed by atoms with Crippen molar-refractivity contribution in [2.45, 2.75) is 6.42 Å². The van der Waals surface area contributed by atoms with Crippen molar-refractivity contribution < 1.29 is 14.9 Å². The van der Waals surface area contributed by atoms with Crippen molar-refractivity contribution >= 4 is 0 Å². The maximum absolute atomic E-state index is 7.62. The van der Waals surface area contributed by atoms with Gasteiger partial charge in [0.25, 0.3) is 0 Å². The van der Waals surface area contributed by atoms with Gasteiger partial charge in [0.15, 0.2) is 0 Å². The fraction of sp³-hybridized carbons (Fsp3) is 0.667. The van der Waals surface area contributed by atoms with E-state index in [2.05, 4.69) is 16.8 Å². The molecule has 0 radical (unpaired) electrons. The van der Waals surface area contributed by atoms with Crippen molar-refractivity contribution in [3.05, 3.63) is 0 Å². The Morgan fingerprint density at radius 3 is 2.11 bits per heavy atom. The van der Waals surface area contributed by atoms with Gasteiger partial charge in [0.05, 0.1) is 13.2 Å². The van der Waals surface area contributed by atoms with Gasteiger partial charge in [-0.05, 0) is 0 Å². The van der Waals surface area contributed by atoms with E-state index in [0.717, 1.165) is 13.0 Å². The van der Waals surface area contributed by atoms with E-state index < -0.39 is 0 Å². The summed E-state index contributed by atoms with van der Waals surface area (Å²) in [5, 5.41) is 15.2. The van der Waals surface area contributed by atoms with Crippen LogP contribution < -0.4 is 0 Å². The van der Waals surface area contributed by atoms with E-state index in [0.29, 0.717) is 0 Å². The normalized spacial score (nSPS) is 12.2. The highest BCUT2D eigenvalue weighted by atomic mass is 16.5. The van der Waals surface area contributed by atoms with Gasteiger partial charge in [0, 0.05) is 6.42 Å². The SMILES string of the molecule is C1#COCC1.OCCO. The van der Waals surface area contributed by atoms with E-state index in [-0.39, 0.29) is 13.2 Å². The van der Waals surface area contributed by atoms with Crippen LogP contribution in [0.5, 0.6) is 0 Å². The number of hydrogen-bond acceptors (Lipinski definition) is 3. The molecular formula is C6H10O3. The highest BCUT2D eigenvalue weighted by Crippen LogP contribution is 1.83. The van der Waals surface area contributed by atoms with Crippen LogP contribution in [0.15, 0.2) is 0 Å². The molecule has 0 spiro atoms. The fourth-order valence-corrected chi connectivity index (χ4v) is 0.255. The van der Waals surface area contributed by atoms with Crippen LogP contribution in [0.4, 0.5) is 0 Å². The summed E-state index contributed by atoms with van der Waals surface area (Å²) in [5.74, 6) is 2.75. The number of aliphatic hydroxyl groups is 2. The second kappa shape index (κ2) is 7.28. The summed E-state index contributed by atoms with van der Waals surface area (Å²) in [6.07, 6.45) is 3.39. The largest absolute Gasteiger partial charge is 0.446 e. The average molecular weight is 130 g/mol. The second-order valence-corrected chi connectivity index (χ2v) is 1.32. The molecular weight excluding hydrogens is 120 g/mol. The molecule has 0 aliphatic carbocycles. The van der Waals surface area contributed by atoms with E-state index in [1.807, 2.05) is 0 Å². The van der Waals surface area contributed by atoms with Crippen molar-refractivity contribution in [3.8, 4) is 12.0 Å². The maximum Gasteiger partial charge on any atom is 0.111 e. The molecule has 3 nitrogen and oxygen atoms in total. The Bertz CT molecular complexity index is 90.6. The first-order valence-corrected chi connectivity index (χ1v) is 2.73. The fourth-order valence-electron chi connectivity index (χ4n) is 0.255. The maximum atomic E-state index is 7.62. The van der Waals surface area contributed by atoms with E-state index in [4.69, 9.17) is 10.2 Å². The average Bonchev–Trinajstić information content (AvgIpc) is 2.43. The molecule has 0 aromatic rings. The molecule has 1 aliphatic heterocycles. The summed E-state index contributed by atoms with van der Waals surface area (Å²) < 4.78 is 4.58. The molecule has 52 valence electrons. The molecule has 0 saturated heterocycles. The predicted octanol–water partition coefficient (Wildman–Crippen LogP) is -0.661. The van der Waals surface area contributed by atoms with Gasteiger partial charge in [0.1, 0.15) is 12.7 Å².